The molecule has 2 heteroatoms. The van der Waals surface area contributed by atoms with E-state index in [0.717, 1.165) is 19.6 Å². The fourth-order valence-corrected chi connectivity index (χ4v) is 2.19. The van der Waals surface area contributed by atoms with Crippen molar-refractivity contribution >= 4 is 0 Å². The second-order valence-corrected chi connectivity index (χ2v) is 4.50. The quantitative estimate of drug-likeness (QED) is 0.788. The van der Waals surface area contributed by atoms with E-state index in [1.165, 1.54) is 17.5 Å². The van der Waals surface area contributed by atoms with E-state index in [4.69, 9.17) is 5.73 Å². The first-order valence-corrected chi connectivity index (χ1v) is 5.82. The van der Waals surface area contributed by atoms with Crippen LogP contribution in [0, 0.1) is 0 Å². The molecule has 2 nitrogen and oxygen atoms in total. The zero-order chi connectivity index (χ0) is 10.7. The molecule has 82 valence electrons. The Morgan fingerprint density at radius 3 is 3.07 bits per heavy atom. The SMILES string of the molecule is CC(CN)c1cccc(C2CCNC2)c1. The summed E-state index contributed by atoms with van der Waals surface area (Å²) >= 11 is 0. The zero-order valence-electron chi connectivity index (χ0n) is 9.37. The average molecular weight is 204 g/mol. The van der Waals surface area contributed by atoms with Gasteiger partial charge in [-0.1, -0.05) is 31.2 Å². The van der Waals surface area contributed by atoms with Crippen molar-refractivity contribution in [2.24, 2.45) is 5.73 Å². The second kappa shape index (κ2) is 4.77. The van der Waals surface area contributed by atoms with Gasteiger partial charge >= 0.3 is 0 Å². The van der Waals surface area contributed by atoms with Gasteiger partial charge in [-0.15, -0.1) is 0 Å². The van der Waals surface area contributed by atoms with E-state index >= 15 is 0 Å². The first-order valence-electron chi connectivity index (χ1n) is 5.82. The summed E-state index contributed by atoms with van der Waals surface area (Å²) in [6.45, 7) is 5.19. The van der Waals surface area contributed by atoms with Crippen LogP contribution in [0.2, 0.25) is 0 Å². The van der Waals surface area contributed by atoms with Gasteiger partial charge in [0, 0.05) is 6.54 Å². The molecule has 0 bridgehead atoms. The Morgan fingerprint density at radius 2 is 2.40 bits per heavy atom. The highest BCUT2D eigenvalue weighted by Crippen LogP contribution is 2.25. The highest BCUT2D eigenvalue weighted by Gasteiger charge is 2.17. The molecule has 0 aromatic heterocycles. The summed E-state index contributed by atoms with van der Waals surface area (Å²) in [4.78, 5) is 0. The molecular formula is C13H20N2. The minimum Gasteiger partial charge on any atom is -0.330 e. The number of hydrogen-bond acceptors (Lipinski definition) is 2. The molecule has 2 unspecified atom stereocenters. The van der Waals surface area contributed by atoms with Gasteiger partial charge in [0.1, 0.15) is 0 Å². The Hall–Kier alpha value is -0.860. The largest absolute Gasteiger partial charge is 0.330 e. The molecule has 0 amide bonds. The van der Waals surface area contributed by atoms with Gasteiger partial charge in [-0.25, -0.2) is 0 Å². The molecule has 0 radical (unpaired) electrons. The Bertz CT molecular complexity index is 316. The number of nitrogens with two attached hydrogens (primary N) is 1. The van der Waals surface area contributed by atoms with Crippen molar-refractivity contribution in [3.8, 4) is 0 Å². The summed E-state index contributed by atoms with van der Waals surface area (Å²) in [6.07, 6.45) is 1.26. The molecule has 2 atom stereocenters. The predicted octanol–water partition coefficient (Wildman–Crippen LogP) is 1.83. The molecular weight excluding hydrogens is 184 g/mol. The first kappa shape index (κ1) is 10.7. The van der Waals surface area contributed by atoms with E-state index in [1.54, 1.807) is 0 Å². The minimum absolute atomic E-state index is 0.472. The third-order valence-corrected chi connectivity index (χ3v) is 3.36. The molecule has 1 fully saturated rings. The summed E-state index contributed by atoms with van der Waals surface area (Å²) < 4.78 is 0. The normalized spacial score (nSPS) is 22.9. The maximum Gasteiger partial charge on any atom is 0.00206 e. The van der Waals surface area contributed by atoms with Crippen molar-refractivity contribution in [3.05, 3.63) is 35.4 Å². The number of rotatable bonds is 3. The average Bonchev–Trinajstić information content (AvgIpc) is 2.82. The molecule has 1 aliphatic heterocycles. The van der Waals surface area contributed by atoms with Crippen molar-refractivity contribution in [1.82, 2.24) is 5.32 Å². The van der Waals surface area contributed by atoms with Crippen LogP contribution in [0.1, 0.15) is 36.3 Å². The second-order valence-electron chi connectivity index (χ2n) is 4.50. The molecule has 15 heavy (non-hydrogen) atoms. The van der Waals surface area contributed by atoms with Crippen LogP contribution in [0.3, 0.4) is 0 Å². The molecule has 0 spiro atoms. The fourth-order valence-electron chi connectivity index (χ4n) is 2.19. The maximum atomic E-state index is 5.70. The number of nitrogens with one attached hydrogen (secondary N) is 1. The van der Waals surface area contributed by atoms with Crippen LogP contribution >= 0.6 is 0 Å². The smallest absolute Gasteiger partial charge is 0.00206 e. The monoisotopic (exact) mass is 204 g/mol. The molecule has 2 rings (SSSR count). The lowest BCUT2D eigenvalue weighted by molar-refractivity contribution is 0.744. The summed E-state index contributed by atoms with van der Waals surface area (Å²) in [7, 11) is 0. The third-order valence-electron chi connectivity index (χ3n) is 3.36. The third kappa shape index (κ3) is 2.39. The van der Waals surface area contributed by atoms with Crippen molar-refractivity contribution in [3.63, 3.8) is 0 Å². The lowest BCUT2D eigenvalue weighted by Gasteiger charge is -2.13. The molecule has 1 aromatic carbocycles. The summed E-state index contributed by atoms with van der Waals surface area (Å²) in [5.74, 6) is 1.18. The Kier molecular flexibility index (Phi) is 3.39. The molecule has 1 saturated heterocycles. The summed E-state index contributed by atoms with van der Waals surface area (Å²) in [5.41, 5.74) is 8.54. The van der Waals surface area contributed by atoms with Gasteiger partial charge in [0.2, 0.25) is 0 Å². The predicted molar refractivity (Wildman–Crippen MR) is 64.1 cm³/mol. The van der Waals surface area contributed by atoms with Crippen LogP contribution in [-0.2, 0) is 0 Å². The molecule has 0 saturated carbocycles. The number of hydrogen-bond donors (Lipinski definition) is 2. The first-order chi connectivity index (χ1) is 7.31. The van der Waals surface area contributed by atoms with E-state index < -0.39 is 0 Å². The van der Waals surface area contributed by atoms with Crippen molar-refractivity contribution in [1.29, 1.82) is 0 Å². The van der Waals surface area contributed by atoms with Crippen LogP contribution in [0.25, 0.3) is 0 Å². The van der Waals surface area contributed by atoms with Gasteiger partial charge in [-0.05, 0) is 42.5 Å². The van der Waals surface area contributed by atoms with E-state index in [2.05, 4.69) is 36.5 Å². The fraction of sp³-hybridized carbons (Fsp3) is 0.538. The maximum absolute atomic E-state index is 5.70. The van der Waals surface area contributed by atoms with Crippen molar-refractivity contribution in [2.75, 3.05) is 19.6 Å². The lowest BCUT2D eigenvalue weighted by Crippen LogP contribution is -2.10. The van der Waals surface area contributed by atoms with E-state index in [0.29, 0.717) is 11.8 Å². The Labute approximate surface area is 91.9 Å². The highest BCUT2D eigenvalue weighted by atomic mass is 14.9. The molecule has 3 N–H and O–H groups in total. The van der Waals surface area contributed by atoms with Gasteiger partial charge in [-0.2, -0.15) is 0 Å². The van der Waals surface area contributed by atoms with Crippen molar-refractivity contribution in [2.45, 2.75) is 25.2 Å². The zero-order valence-corrected chi connectivity index (χ0v) is 9.37. The Morgan fingerprint density at radius 1 is 1.53 bits per heavy atom. The summed E-state index contributed by atoms with van der Waals surface area (Å²) in [5, 5.41) is 3.41. The van der Waals surface area contributed by atoms with Gasteiger partial charge in [0.15, 0.2) is 0 Å². The molecule has 0 aliphatic carbocycles. The molecule has 1 aromatic rings. The molecule has 1 heterocycles. The van der Waals surface area contributed by atoms with Crippen molar-refractivity contribution < 1.29 is 0 Å². The van der Waals surface area contributed by atoms with Crippen LogP contribution in [-0.4, -0.2) is 19.6 Å². The van der Waals surface area contributed by atoms with E-state index in [-0.39, 0.29) is 0 Å². The van der Waals surface area contributed by atoms with E-state index in [9.17, 15) is 0 Å². The van der Waals surface area contributed by atoms with Crippen LogP contribution in [0.5, 0.6) is 0 Å². The highest BCUT2D eigenvalue weighted by molar-refractivity contribution is 5.29. The summed E-state index contributed by atoms with van der Waals surface area (Å²) in [6, 6.07) is 8.91. The van der Waals surface area contributed by atoms with Crippen LogP contribution in [0.15, 0.2) is 24.3 Å². The van der Waals surface area contributed by atoms with Crippen LogP contribution < -0.4 is 11.1 Å². The topological polar surface area (TPSA) is 38.0 Å². The van der Waals surface area contributed by atoms with Gasteiger partial charge in [0.05, 0.1) is 0 Å². The van der Waals surface area contributed by atoms with Gasteiger partial charge in [0.25, 0.3) is 0 Å². The number of benzene rings is 1. The van der Waals surface area contributed by atoms with Crippen LogP contribution in [0.4, 0.5) is 0 Å². The Balaban J connectivity index is 2.18. The van der Waals surface area contributed by atoms with Gasteiger partial charge < -0.3 is 11.1 Å². The standard InChI is InChI=1S/C13H20N2/c1-10(8-14)11-3-2-4-12(7-11)13-5-6-15-9-13/h2-4,7,10,13,15H,5-6,8-9,14H2,1H3. The molecule has 1 aliphatic rings. The van der Waals surface area contributed by atoms with E-state index in [1.807, 2.05) is 0 Å². The lowest BCUT2D eigenvalue weighted by atomic mass is 9.93. The van der Waals surface area contributed by atoms with Gasteiger partial charge in [-0.3, -0.25) is 0 Å². The minimum atomic E-state index is 0.472.